The first-order valence-corrected chi connectivity index (χ1v) is 8.10. The Morgan fingerprint density at radius 3 is 2.50 bits per heavy atom. The van der Waals surface area contributed by atoms with E-state index in [1.54, 1.807) is 24.3 Å². The summed E-state index contributed by atoms with van der Waals surface area (Å²) in [7, 11) is 4.00. The Bertz CT molecular complexity index is 625. The first-order valence-electron chi connectivity index (χ1n) is 6.91. The van der Waals surface area contributed by atoms with Gasteiger partial charge < -0.3 is 15.3 Å². The fourth-order valence-electron chi connectivity index (χ4n) is 2.03. The van der Waals surface area contributed by atoms with Gasteiger partial charge in [0.15, 0.2) is 0 Å². The van der Waals surface area contributed by atoms with Gasteiger partial charge in [-0.3, -0.25) is 4.79 Å². The van der Waals surface area contributed by atoms with Gasteiger partial charge in [0.2, 0.25) is 0 Å². The Balaban J connectivity index is 1.89. The lowest BCUT2D eigenvalue weighted by Gasteiger charge is -2.12. The molecule has 2 rings (SSSR count). The first kappa shape index (κ1) is 17.0. The second-order valence-corrected chi connectivity index (χ2v) is 7.05. The van der Waals surface area contributed by atoms with E-state index in [0.717, 1.165) is 17.0 Å². The summed E-state index contributed by atoms with van der Waals surface area (Å²) >= 11 is 7.14. The van der Waals surface area contributed by atoms with Crippen molar-refractivity contribution in [3.05, 3.63) is 56.7 Å². The smallest absolute Gasteiger partial charge is 0.251 e. The van der Waals surface area contributed by atoms with E-state index in [4.69, 9.17) is 11.6 Å². The van der Waals surface area contributed by atoms with E-state index in [-0.39, 0.29) is 12.5 Å². The molecule has 2 aromatic rings. The molecule has 4 nitrogen and oxygen atoms in total. The minimum absolute atomic E-state index is 0.162. The molecular formula is C16H19ClN2O2S. The number of rotatable bonds is 6. The third kappa shape index (κ3) is 4.81. The number of hydrogen-bond acceptors (Lipinski definition) is 4. The van der Waals surface area contributed by atoms with Gasteiger partial charge in [-0.15, -0.1) is 11.3 Å². The average molecular weight is 339 g/mol. The highest BCUT2D eigenvalue weighted by Crippen LogP contribution is 2.26. The fraction of sp³-hybridized carbons (Fsp3) is 0.312. The summed E-state index contributed by atoms with van der Waals surface area (Å²) in [6.45, 7) is 0.995. The number of aliphatic hydroxyl groups excluding tert-OH is 1. The van der Waals surface area contributed by atoms with Crippen molar-refractivity contribution >= 4 is 28.8 Å². The number of benzene rings is 1. The van der Waals surface area contributed by atoms with Crippen LogP contribution in [0.15, 0.2) is 36.4 Å². The average Bonchev–Trinajstić information content (AvgIpc) is 2.91. The number of carbonyl (C=O) groups is 1. The highest BCUT2D eigenvalue weighted by atomic mass is 35.5. The van der Waals surface area contributed by atoms with Crippen LogP contribution in [0.3, 0.4) is 0 Å². The van der Waals surface area contributed by atoms with Crippen molar-refractivity contribution in [3.63, 3.8) is 0 Å². The lowest BCUT2D eigenvalue weighted by molar-refractivity contribution is 0.0918. The zero-order chi connectivity index (χ0) is 16.1. The van der Waals surface area contributed by atoms with E-state index in [2.05, 4.69) is 10.2 Å². The number of hydrogen-bond donors (Lipinski definition) is 2. The van der Waals surface area contributed by atoms with Crippen molar-refractivity contribution in [2.75, 3.05) is 20.6 Å². The maximum atomic E-state index is 12.1. The summed E-state index contributed by atoms with van der Waals surface area (Å²) in [5.74, 6) is -0.196. The predicted molar refractivity (Wildman–Crippen MR) is 90.5 cm³/mol. The van der Waals surface area contributed by atoms with Crippen molar-refractivity contribution in [1.82, 2.24) is 10.2 Å². The molecule has 1 aromatic heterocycles. The Morgan fingerprint density at radius 2 is 1.95 bits per heavy atom. The van der Waals surface area contributed by atoms with Crippen LogP contribution in [0, 0.1) is 0 Å². The minimum atomic E-state index is -0.741. The van der Waals surface area contributed by atoms with Crippen LogP contribution in [-0.4, -0.2) is 36.6 Å². The second kappa shape index (κ2) is 7.74. The number of amides is 1. The summed E-state index contributed by atoms with van der Waals surface area (Å²) in [5.41, 5.74) is 1.73. The van der Waals surface area contributed by atoms with Gasteiger partial charge in [0.05, 0.1) is 4.34 Å². The first-order chi connectivity index (χ1) is 10.5. The lowest BCUT2D eigenvalue weighted by atomic mass is 10.1. The highest BCUT2D eigenvalue weighted by molar-refractivity contribution is 7.16. The molecular weight excluding hydrogens is 320 g/mol. The molecule has 0 radical (unpaired) electrons. The number of aliphatic hydroxyl groups is 1. The summed E-state index contributed by atoms with van der Waals surface area (Å²) < 4.78 is 0.622. The molecule has 0 bridgehead atoms. The molecule has 0 aliphatic heterocycles. The topological polar surface area (TPSA) is 52.6 Å². The fourth-order valence-corrected chi connectivity index (χ4v) is 3.07. The van der Waals surface area contributed by atoms with E-state index in [0.29, 0.717) is 9.90 Å². The summed E-state index contributed by atoms with van der Waals surface area (Å²) in [6.07, 6.45) is -0.741. The standard InChI is InChI=1S/C16H19ClN2O2S/c1-19(2)10-11-3-5-12(6-4-11)16(21)18-9-13(20)14-7-8-15(17)22-14/h3-8,13,20H,9-10H2,1-2H3,(H,18,21). The van der Waals surface area contributed by atoms with Crippen LogP contribution in [0.25, 0.3) is 0 Å². The molecule has 0 spiro atoms. The molecule has 1 aromatic carbocycles. The van der Waals surface area contributed by atoms with E-state index >= 15 is 0 Å². The Kier molecular flexibility index (Phi) is 5.97. The second-order valence-electron chi connectivity index (χ2n) is 5.30. The molecule has 1 atom stereocenters. The molecule has 1 unspecified atom stereocenters. The molecule has 2 N–H and O–H groups in total. The van der Waals surface area contributed by atoms with Crippen LogP contribution >= 0.6 is 22.9 Å². The third-order valence-electron chi connectivity index (χ3n) is 3.09. The predicted octanol–water partition coefficient (Wildman–Crippen LogP) is 2.93. The number of carbonyl (C=O) groups excluding carboxylic acids is 1. The molecule has 0 aliphatic carbocycles. The van der Waals surface area contributed by atoms with Gasteiger partial charge in [0.1, 0.15) is 6.10 Å². The maximum Gasteiger partial charge on any atom is 0.251 e. The van der Waals surface area contributed by atoms with Crippen LogP contribution in [0.4, 0.5) is 0 Å². The summed E-state index contributed by atoms with van der Waals surface area (Å²) in [4.78, 5) is 14.9. The van der Waals surface area contributed by atoms with Crippen molar-refractivity contribution in [2.45, 2.75) is 12.6 Å². The zero-order valence-electron chi connectivity index (χ0n) is 12.5. The zero-order valence-corrected chi connectivity index (χ0v) is 14.1. The van der Waals surface area contributed by atoms with E-state index < -0.39 is 6.10 Å². The van der Waals surface area contributed by atoms with Crippen LogP contribution in [0.5, 0.6) is 0 Å². The number of thiophene rings is 1. The number of halogens is 1. The quantitative estimate of drug-likeness (QED) is 0.851. The van der Waals surface area contributed by atoms with Crippen molar-refractivity contribution in [1.29, 1.82) is 0 Å². The van der Waals surface area contributed by atoms with Crippen molar-refractivity contribution < 1.29 is 9.90 Å². The van der Waals surface area contributed by atoms with Gasteiger partial charge in [-0.25, -0.2) is 0 Å². The molecule has 0 fully saturated rings. The lowest BCUT2D eigenvalue weighted by Crippen LogP contribution is -2.28. The van der Waals surface area contributed by atoms with Crippen LogP contribution < -0.4 is 5.32 Å². The Hall–Kier alpha value is -1.40. The van der Waals surface area contributed by atoms with Crippen molar-refractivity contribution in [3.8, 4) is 0 Å². The number of nitrogens with zero attached hydrogens (tertiary/aromatic N) is 1. The molecule has 1 heterocycles. The van der Waals surface area contributed by atoms with Gasteiger partial charge >= 0.3 is 0 Å². The summed E-state index contributed by atoms with van der Waals surface area (Å²) in [6, 6.07) is 11.0. The molecule has 0 saturated carbocycles. The Morgan fingerprint density at radius 1 is 1.27 bits per heavy atom. The van der Waals surface area contributed by atoms with Gasteiger partial charge in [-0.05, 0) is 43.9 Å². The molecule has 118 valence electrons. The molecule has 6 heteroatoms. The molecule has 22 heavy (non-hydrogen) atoms. The largest absolute Gasteiger partial charge is 0.386 e. The van der Waals surface area contributed by atoms with E-state index in [1.165, 1.54) is 11.3 Å². The van der Waals surface area contributed by atoms with Crippen LogP contribution in [0.1, 0.15) is 26.9 Å². The Labute approximate surface area is 139 Å². The minimum Gasteiger partial charge on any atom is -0.386 e. The SMILES string of the molecule is CN(C)Cc1ccc(C(=O)NCC(O)c2ccc(Cl)s2)cc1. The van der Waals surface area contributed by atoms with Gasteiger partial charge in [0.25, 0.3) is 5.91 Å². The molecule has 0 saturated heterocycles. The van der Waals surface area contributed by atoms with Crippen LogP contribution in [0.2, 0.25) is 4.34 Å². The normalized spacial score (nSPS) is 12.4. The van der Waals surface area contributed by atoms with Crippen molar-refractivity contribution in [2.24, 2.45) is 0 Å². The third-order valence-corrected chi connectivity index (χ3v) is 4.43. The van der Waals surface area contributed by atoms with E-state index in [9.17, 15) is 9.90 Å². The van der Waals surface area contributed by atoms with Gasteiger partial charge in [0, 0.05) is 23.5 Å². The van der Waals surface area contributed by atoms with Crippen LogP contribution in [-0.2, 0) is 6.54 Å². The molecule has 0 aliphatic rings. The summed E-state index contributed by atoms with van der Waals surface area (Å²) in [5, 5.41) is 12.7. The van der Waals surface area contributed by atoms with Gasteiger partial charge in [-0.1, -0.05) is 23.7 Å². The molecule has 1 amide bonds. The number of nitrogens with one attached hydrogen (secondary N) is 1. The highest BCUT2D eigenvalue weighted by Gasteiger charge is 2.12. The maximum absolute atomic E-state index is 12.1. The van der Waals surface area contributed by atoms with E-state index in [1.807, 2.05) is 26.2 Å². The monoisotopic (exact) mass is 338 g/mol. The van der Waals surface area contributed by atoms with Gasteiger partial charge in [-0.2, -0.15) is 0 Å².